The molecule has 3 N–H and O–H groups in total. The van der Waals surface area contributed by atoms with Crippen LogP contribution in [0.4, 0.5) is 11.6 Å². The minimum absolute atomic E-state index is 0.200. The standard InChI is InChI=1S/C39H43N7O5/c1-51-33-4-2-3-26-22-40-38(43-35(26)33)41-29-13-17-45(18-14-29)30-8-5-25(6-9-30)23-44-19-15-39(50,16-20-44)28-7-10-31-27(21-28)24-46(37(31)49)32-11-12-34(47)42-36(32)48/h2-10,21-22,29,32,50H,11-20,23-24H2,1H3,(H,40,41,43)(H,42,47,48). The Labute approximate surface area is 296 Å². The molecule has 5 heterocycles. The van der Waals surface area contributed by atoms with Crippen LogP contribution in [0.1, 0.15) is 65.6 Å². The number of piperidine rings is 3. The van der Waals surface area contributed by atoms with Gasteiger partial charge in [-0.2, -0.15) is 0 Å². The Bertz CT molecular complexity index is 1970. The first-order valence-corrected chi connectivity index (χ1v) is 17.9. The summed E-state index contributed by atoms with van der Waals surface area (Å²) in [6, 6.07) is 19.9. The Morgan fingerprint density at radius 3 is 2.51 bits per heavy atom. The zero-order valence-corrected chi connectivity index (χ0v) is 28.8. The van der Waals surface area contributed by atoms with Crippen molar-refractivity contribution in [2.75, 3.05) is 43.5 Å². The van der Waals surface area contributed by atoms with Crippen LogP contribution in [0.2, 0.25) is 0 Å². The van der Waals surface area contributed by atoms with Crippen LogP contribution in [-0.4, -0.2) is 88.0 Å². The zero-order valence-electron chi connectivity index (χ0n) is 28.8. The molecule has 0 bridgehead atoms. The lowest BCUT2D eigenvalue weighted by Gasteiger charge is -2.39. The lowest BCUT2D eigenvalue weighted by Crippen LogP contribution is -2.52. The van der Waals surface area contributed by atoms with E-state index in [0.717, 1.165) is 73.3 Å². The minimum Gasteiger partial charge on any atom is -0.494 e. The number of likely N-dealkylation sites (tertiary alicyclic amines) is 1. The predicted octanol–water partition coefficient (Wildman–Crippen LogP) is 3.96. The molecule has 264 valence electrons. The number of anilines is 2. The van der Waals surface area contributed by atoms with E-state index in [0.29, 0.717) is 43.4 Å². The van der Waals surface area contributed by atoms with Gasteiger partial charge < -0.3 is 25.0 Å². The molecule has 12 nitrogen and oxygen atoms in total. The number of carbonyl (C=O) groups excluding carboxylic acids is 3. The topological polar surface area (TPSA) is 140 Å². The summed E-state index contributed by atoms with van der Waals surface area (Å²) in [6.07, 6.45) is 5.56. The van der Waals surface area contributed by atoms with Crippen LogP contribution < -0.4 is 20.3 Å². The van der Waals surface area contributed by atoms with Crippen molar-refractivity contribution in [1.82, 2.24) is 25.1 Å². The molecule has 4 aromatic rings. The Kier molecular flexibility index (Phi) is 8.81. The van der Waals surface area contributed by atoms with Gasteiger partial charge in [0, 0.05) is 74.6 Å². The first kappa shape index (κ1) is 33.1. The third-order valence-corrected chi connectivity index (χ3v) is 11.1. The van der Waals surface area contributed by atoms with E-state index in [1.54, 1.807) is 18.1 Å². The highest BCUT2D eigenvalue weighted by atomic mass is 16.5. The van der Waals surface area contributed by atoms with Gasteiger partial charge >= 0.3 is 0 Å². The SMILES string of the molecule is COc1cccc2cnc(NC3CCN(c4ccc(CN5CCC(O)(c6ccc7c(c6)CN(C6CCC(=O)NC6=O)C7=O)CC5)cc4)CC3)nc12. The first-order valence-electron chi connectivity index (χ1n) is 17.9. The van der Waals surface area contributed by atoms with Gasteiger partial charge in [-0.1, -0.05) is 36.4 Å². The second-order valence-corrected chi connectivity index (χ2v) is 14.2. The molecule has 51 heavy (non-hydrogen) atoms. The fourth-order valence-electron chi connectivity index (χ4n) is 8.03. The van der Waals surface area contributed by atoms with Crippen LogP contribution in [0, 0.1) is 0 Å². The van der Waals surface area contributed by atoms with E-state index in [-0.39, 0.29) is 18.2 Å². The lowest BCUT2D eigenvalue weighted by atomic mass is 9.83. The number of amides is 3. The van der Waals surface area contributed by atoms with E-state index in [2.05, 4.69) is 49.7 Å². The molecule has 8 rings (SSSR count). The molecule has 1 unspecified atom stereocenters. The number of ether oxygens (including phenoxy) is 1. The highest BCUT2D eigenvalue weighted by Crippen LogP contribution is 2.37. The maximum atomic E-state index is 13.1. The maximum absolute atomic E-state index is 13.1. The summed E-state index contributed by atoms with van der Waals surface area (Å²) >= 11 is 0. The highest BCUT2D eigenvalue weighted by molar-refractivity contribution is 6.05. The van der Waals surface area contributed by atoms with E-state index in [9.17, 15) is 19.5 Å². The number of hydrogen-bond acceptors (Lipinski definition) is 10. The van der Waals surface area contributed by atoms with Gasteiger partial charge in [-0.15, -0.1) is 0 Å². The molecule has 3 amide bonds. The summed E-state index contributed by atoms with van der Waals surface area (Å²) in [4.78, 5) is 52.8. The summed E-state index contributed by atoms with van der Waals surface area (Å²) in [5.74, 6) is 0.458. The number of carbonyl (C=O) groups is 3. The van der Waals surface area contributed by atoms with E-state index < -0.39 is 17.6 Å². The van der Waals surface area contributed by atoms with Gasteiger partial charge in [0.05, 0.1) is 12.7 Å². The van der Waals surface area contributed by atoms with E-state index in [1.807, 2.05) is 36.5 Å². The summed E-state index contributed by atoms with van der Waals surface area (Å²) in [6.45, 7) is 4.53. The van der Waals surface area contributed by atoms with Gasteiger partial charge in [0.2, 0.25) is 17.8 Å². The highest BCUT2D eigenvalue weighted by Gasteiger charge is 2.41. The van der Waals surface area contributed by atoms with Gasteiger partial charge in [0.15, 0.2) is 0 Å². The number of nitrogens with zero attached hydrogens (tertiary/aromatic N) is 5. The number of para-hydroxylation sites is 1. The number of imide groups is 1. The summed E-state index contributed by atoms with van der Waals surface area (Å²) in [5, 5.41) is 18.5. The Hall–Kier alpha value is -5.07. The van der Waals surface area contributed by atoms with E-state index in [4.69, 9.17) is 9.72 Å². The molecule has 3 saturated heterocycles. The minimum atomic E-state index is -0.977. The van der Waals surface area contributed by atoms with Crippen LogP contribution in [0.5, 0.6) is 5.75 Å². The van der Waals surface area contributed by atoms with Gasteiger partial charge in [-0.25, -0.2) is 9.97 Å². The average molecular weight is 690 g/mol. The predicted molar refractivity (Wildman–Crippen MR) is 192 cm³/mol. The lowest BCUT2D eigenvalue weighted by molar-refractivity contribution is -0.136. The van der Waals surface area contributed by atoms with Crippen molar-refractivity contribution in [3.05, 3.63) is 89.1 Å². The van der Waals surface area contributed by atoms with E-state index >= 15 is 0 Å². The molecule has 0 spiro atoms. The van der Waals surface area contributed by atoms with Gasteiger partial charge in [-0.05, 0) is 73.1 Å². The van der Waals surface area contributed by atoms with Crippen LogP contribution >= 0.6 is 0 Å². The largest absolute Gasteiger partial charge is 0.494 e. The molecule has 4 aliphatic heterocycles. The third-order valence-electron chi connectivity index (χ3n) is 11.1. The number of nitrogens with one attached hydrogen (secondary N) is 2. The van der Waals surface area contributed by atoms with Crippen molar-refractivity contribution >= 4 is 40.3 Å². The zero-order chi connectivity index (χ0) is 35.1. The molecule has 1 aromatic heterocycles. The number of fused-ring (bicyclic) bond motifs is 2. The van der Waals surface area contributed by atoms with Crippen LogP contribution in [0.25, 0.3) is 10.9 Å². The molecule has 0 aliphatic carbocycles. The Morgan fingerprint density at radius 1 is 0.980 bits per heavy atom. The molecular weight excluding hydrogens is 646 g/mol. The van der Waals surface area contributed by atoms with Gasteiger partial charge in [0.25, 0.3) is 5.91 Å². The smallest absolute Gasteiger partial charge is 0.255 e. The van der Waals surface area contributed by atoms with Crippen molar-refractivity contribution in [3.8, 4) is 5.75 Å². The van der Waals surface area contributed by atoms with Crippen LogP contribution in [0.3, 0.4) is 0 Å². The molecule has 4 aliphatic rings. The Morgan fingerprint density at radius 2 is 1.76 bits per heavy atom. The molecule has 0 radical (unpaired) electrons. The molecule has 0 saturated carbocycles. The average Bonchev–Trinajstić information content (AvgIpc) is 3.48. The van der Waals surface area contributed by atoms with Crippen molar-refractivity contribution < 1.29 is 24.2 Å². The first-order chi connectivity index (χ1) is 24.8. The molecular formula is C39H43N7O5. The number of aliphatic hydroxyl groups is 1. The van der Waals surface area contributed by atoms with Crippen LogP contribution in [-0.2, 0) is 28.3 Å². The number of rotatable bonds is 8. The van der Waals surface area contributed by atoms with Crippen LogP contribution in [0.15, 0.2) is 66.9 Å². The fourth-order valence-corrected chi connectivity index (χ4v) is 8.03. The quantitative estimate of drug-likeness (QED) is 0.233. The molecule has 1 atom stereocenters. The van der Waals surface area contributed by atoms with Crippen molar-refractivity contribution in [3.63, 3.8) is 0 Å². The summed E-state index contributed by atoms with van der Waals surface area (Å²) in [7, 11) is 1.66. The third kappa shape index (κ3) is 6.61. The van der Waals surface area contributed by atoms with Crippen molar-refractivity contribution in [1.29, 1.82) is 0 Å². The maximum Gasteiger partial charge on any atom is 0.255 e. The number of benzene rings is 3. The number of aromatic nitrogens is 2. The molecule has 3 aromatic carbocycles. The van der Waals surface area contributed by atoms with Gasteiger partial charge in [0.1, 0.15) is 17.3 Å². The van der Waals surface area contributed by atoms with Crippen molar-refractivity contribution in [2.45, 2.75) is 69.3 Å². The van der Waals surface area contributed by atoms with Crippen molar-refractivity contribution in [2.24, 2.45) is 0 Å². The second-order valence-electron chi connectivity index (χ2n) is 14.2. The summed E-state index contributed by atoms with van der Waals surface area (Å²) in [5.41, 5.74) is 4.50. The number of methoxy groups -OCH3 is 1. The Balaban J connectivity index is 0.822. The normalized spacial score (nSPS) is 21.1. The second kappa shape index (κ2) is 13.6. The monoisotopic (exact) mass is 689 g/mol. The van der Waals surface area contributed by atoms with Gasteiger partial charge in [-0.3, -0.25) is 24.6 Å². The molecule has 3 fully saturated rings. The summed E-state index contributed by atoms with van der Waals surface area (Å²) < 4.78 is 5.49. The number of hydrogen-bond donors (Lipinski definition) is 3. The van der Waals surface area contributed by atoms with E-state index in [1.165, 1.54) is 11.3 Å². The fraction of sp³-hybridized carbons (Fsp3) is 0.410. The molecule has 12 heteroatoms.